The zero-order valence-corrected chi connectivity index (χ0v) is 9.41. The van der Waals surface area contributed by atoms with Gasteiger partial charge in [0.15, 0.2) is 11.0 Å². The van der Waals surface area contributed by atoms with Crippen LogP contribution in [0, 0.1) is 0 Å². The number of benzene rings is 1. The molecule has 0 saturated heterocycles. The highest BCUT2D eigenvalue weighted by molar-refractivity contribution is 7.83. The van der Waals surface area contributed by atoms with Gasteiger partial charge in [0, 0.05) is 5.02 Å². The van der Waals surface area contributed by atoms with Crippen LogP contribution in [-0.2, 0) is 11.0 Å². The van der Waals surface area contributed by atoms with Crippen LogP contribution in [0.25, 0.3) is 0 Å². The highest BCUT2D eigenvalue weighted by Crippen LogP contribution is 2.36. The first-order valence-electron chi connectivity index (χ1n) is 4.14. The van der Waals surface area contributed by atoms with Crippen molar-refractivity contribution in [2.24, 2.45) is 4.99 Å². The Morgan fingerprint density at radius 1 is 1.35 bits per heavy atom. The first kappa shape index (κ1) is 12.3. The molecule has 9 heteroatoms. The Morgan fingerprint density at radius 2 is 2.00 bits per heavy atom. The molecule has 0 aliphatic carbocycles. The van der Waals surface area contributed by atoms with Gasteiger partial charge in [0.2, 0.25) is 0 Å². The van der Waals surface area contributed by atoms with Gasteiger partial charge in [-0.3, -0.25) is 0 Å². The van der Waals surface area contributed by atoms with E-state index in [2.05, 4.69) is 4.99 Å². The molecule has 1 unspecified atom stereocenters. The Bertz CT molecular complexity index is 531. The SMILES string of the molecule is O=S1c2cc(Cl)ccc2N=C(C(F)(F)F)N1F. The lowest BCUT2D eigenvalue weighted by atomic mass is 10.3. The van der Waals surface area contributed by atoms with Gasteiger partial charge in [0.05, 0.1) is 10.6 Å². The summed E-state index contributed by atoms with van der Waals surface area (Å²) in [6.45, 7) is 0. The third-order valence-electron chi connectivity index (χ3n) is 1.90. The van der Waals surface area contributed by atoms with E-state index in [9.17, 15) is 21.9 Å². The first-order valence-corrected chi connectivity index (χ1v) is 5.62. The second kappa shape index (κ2) is 3.95. The van der Waals surface area contributed by atoms with Crippen LogP contribution in [-0.4, -0.2) is 20.7 Å². The van der Waals surface area contributed by atoms with Crippen molar-refractivity contribution in [1.29, 1.82) is 0 Å². The monoisotopic (exact) mass is 286 g/mol. The van der Waals surface area contributed by atoms with Crippen LogP contribution in [0.2, 0.25) is 5.02 Å². The van der Waals surface area contributed by atoms with Crippen LogP contribution in [0.15, 0.2) is 28.1 Å². The molecular formula is C8H3ClF4N2OS. The van der Waals surface area contributed by atoms with E-state index in [-0.39, 0.29) is 15.6 Å². The van der Waals surface area contributed by atoms with E-state index in [0.29, 0.717) is 0 Å². The molecule has 0 spiro atoms. The highest BCUT2D eigenvalue weighted by Gasteiger charge is 2.45. The summed E-state index contributed by atoms with van der Waals surface area (Å²) in [4.78, 5) is 2.88. The van der Waals surface area contributed by atoms with E-state index in [4.69, 9.17) is 11.6 Å². The first-order chi connectivity index (χ1) is 7.80. The van der Waals surface area contributed by atoms with Crippen molar-refractivity contribution < 1.29 is 21.9 Å². The molecule has 1 heterocycles. The minimum atomic E-state index is -5.01. The minimum Gasteiger partial charge on any atom is -0.229 e. The second-order valence-electron chi connectivity index (χ2n) is 3.04. The third kappa shape index (κ3) is 2.14. The van der Waals surface area contributed by atoms with Gasteiger partial charge in [0.25, 0.3) is 5.84 Å². The number of rotatable bonds is 0. The van der Waals surface area contributed by atoms with Gasteiger partial charge < -0.3 is 0 Å². The fraction of sp³-hybridized carbons (Fsp3) is 0.125. The third-order valence-corrected chi connectivity index (χ3v) is 3.30. The number of alkyl halides is 3. The average Bonchev–Trinajstić information content (AvgIpc) is 2.22. The van der Waals surface area contributed by atoms with Gasteiger partial charge in [0.1, 0.15) is 0 Å². The maximum Gasteiger partial charge on any atom is 0.453 e. The molecule has 1 aromatic carbocycles. The number of aliphatic imine (C=N–C) groups is 1. The molecule has 0 N–H and O–H groups in total. The smallest absolute Gasteiger partial charge is 0.229 e. The summed E-state index contributed by atoms with van der Waals surface area (Å²) >= 11 is 5.57. The molecule has 0 aromatic heterocycles. The Kier molecular flexibility index (Phi) is 2.86. The van der Waals surface area contributed by atoms with E-state index in [1.54, 1.807) is 0 Å². The summed E-state index contributed by atoms with van der Waals surface area (Å²) < 4.78 is 60.8. The van der Waals surface area contributed by atoms with E-state index in [0.717, 1.165) is 12.1 Å². The van der Waals surface area contributed by atoms with Crippen LogP contribution in [0.4, 0.5) is 23.3 Å². The fourth-order valence-corrected chi connectivity index (χ4v) is 2.43. The number of halogens is 5. The van der Waals surface area contributed by atoms with Crippen molar-refractivity contribution in [3.63, 3.8) is 0 Å². The molecule has 0 saturated carbocycles. The Morgan fingerprint density at radius 3 is 2.59 bits per heavy atom. The molecule has 1 aliphatic rings. The van der Waals surface area contributed by atoms with E-state index < -0.39 is 27.5 Å². The van der Waals surface area contributed by atoms with Gasteiger partial charge in [-0.1, -0.05) is 20.6 Å². The lowest BCUT2D eigenvalue weighted by Gasteiger charge is -2.22. The molecule has 0 radical (unpaired) electrons. The quantitative estimate of drug-likeness (QED) is 0.533. The predicted molar refractivity (Wildman–Crippen MR) is 54.0 cm³/mol. The van der Waals surface area contributed by atoms with Crippen LogP contribution in [0.1, 0.15) is 0 Å². The van der Waals surface area contributed by atoms with Gasteiger partial charge in [-0.2, -0.15) is 13.2 Å². The minimum absolute atomic E-state index is 0.135. The van der Waals surface area contributed by atoms with Gasteiger partial charge in [-0.15, -0.1) is 0 Å². The lowest BCUT2D eigenvalue weighted by molar-refractivity contribution is -0.0723. The zero-order chi connectivity index (χ0) is 12.8. The molecule has 2 rings (SSSR count). The lowest BCUT2D eigenvalue weighted by Crippen LogP contribution is -2.39. The number of amidine groups is 1. The molecule has 1 aromatic rings. The Labute approximate surface area is 100 Å². The van der Waals surface area contributed by atoms with Crippen LogP contribution < -0.4 is 0 Å². The molecule has 92 valence electrons. The van der Waals surface area contributed by atoms with Gasteiger partial charge >= 0.3 is 6.18 Å². The number of nitrogens with zero attached hydrogens (tertiary/aromatic N) is 2. The maximum absolute atomic E-state index is 13.2. The van der Waals surface area contributed by atoms with E-state index in [1.807, 2.05) is 0 Å². The predicted octanol–water partition coefficient (Wildman–Crippen LogP) is 3.15. The highest BCUT2D eigenvalue weighted by atomic mass is 35.5. The standard InChI is InChI=1S/C8H3ClF4N2OS/c9-4-1-2-5-6(3-4)17(16)15(13)7(14-5)8(10,11)12/h1-3H. The average molecular weight is 287 g/mol. The second-order valence-corrected chi connectivity index (χ2v) is 4.73. The van der Waals surface area contributed by atoms with E-state index in [1.165, 1.54) is 6.07 Å². The van der Waals surface area contributed by atoms with Crippen LogP contribution in [0.5, 0.6) is 0 Å². The van der Waals surface area contributed by atoms with Gasteiger partial charge in [-0.25, -0.2) is 9.20 Å². The summed E-state index contributed by atoms with van der Waals surface area (Å²) in [5.74, 6) is -1.84. The maximum atomic E-state index is 13.2. The summed E-state index contributed by atoms with van der Waals surface area (Å²) in [5, 5.41) is 0.135. The fourth-order valence-electron chi connectivity index (χ4n) is 1.20. The van der Waals surface area contributed by atoms with Crippen LogP contribution >= 0.6 is 11.6 Å². The summed E-state index contributed by atoms with van der Waals surface area (Å²) in [6.07, 6.45) is -5.01. The Balaban J connectivity index is 2.62. The van der Waals surface area contributed by atoms with Crippen molar-refractivity contribution in [1.82, 2.24) is 4.53 Å². The largest absolute Gasteiger partial charge is 0.453 e. The van der Waals surface area contributed by atoms with Crippen LogP contribution in [0.3, 0.4) is 0 Å². The molecule has 1 atom stereocenters. The topological polar surface area (TPSA) is 32.7 Å². The number of hydrogen-bond acceptors (Lipinski definition) is 2. The van der Waals surface area contributed by atoms with Crippen molar-refractivity contribution >= 4 is 34.1 Å². The summed E-state index contributed by atoms with van der Waals surface area (Å²) in [6, 6.07) is 3.54. The molecule has 0 amide bonds. The molecule has 3 nitrogen and oxygen atoms in total. The molecule has 1 aliphatic heterocycles. The molecular weight excluding hydrogens is 284 g/mol. The molecule has 0 bridgehead atoms. The Hall–Kier alpha value is -1.15. The number of hydrogen-bond donors (Lipinski definition) is 0. The summed E-state index contributed by atoms with van der Waals surface area (Å²) in [5.41, 5.74) is -0.214. The van der Waals surface area contributed by atoms with Crippen molar-refractivity contribution in [2.45, 2.75) is 11.1 Å². The van der Waals surface area contributed by atoms with Gasteiger partial charge in [-0.05, 0) is 18.2 Å². The normalized spacial score (nSPS) is 19.9. The summed E-state index contributed by atoms with van der Waals surface area (Å²) in [7, 11) is -2.62. The van der Waals surface area contributed by atoms with Crippen molar-refractivity contribution in [2.75, 3.05) is 0 Å². The molecule has 17 heavy (non-hydrogen) atoms. The number of fused-ring (bicyclic) bond motifs is 1. The van der Waals surface area contributed by atoms with E-state index >= 15 is 0 Å². The molecule has 0 fully saturated rings. The van der Waals surface area contributed by atoms with Crippen molar-refractivity contribution in [3.05, 3.63) is 23.2 Å². The van der Waals surface area contributed by atoms with Crippen molar-refractivity contribution in [3.8, 4) is 0 Å². The zero-order valence-electron chi connectivity index (χ0n) is 7.83.